The van der Waals surface area contributed by atoms with Crippen molar-refractivity contribution in [3.8, 4) is 6.07 Å². The van der Waals surface area contributed by atoms with Gasteiger partial charge in [-0.3, -0.25) is 4.21 Å². The second kappa shape index (κ2) is 6.39. The van der Waals surface area contributed by atoms with Gasteiger partial charge in [0.15, 0.2) is 0 Å². The van der Waals surface area contributed by atoms with Crippen molar-refractivity contribution in [2.75, 3.05) is 5.75 Å². The third-order valence-electron chi connectivity index (χ3n) is 3.45. The van der Waals surface area contributed by atoms with Gasteiger partial charge in [0.1, 0.15) is 0 Å². The fourth-order valence-electron chi connectivity index (χ4n) is 2.27. The molecule has 0 spiro atoms. The summed E-state index contributed by atoms with van der Waals surface area (Å²) in [6, 6.07) is 2.35. The molecular weight excluding hydrogens is 218 g/mol. The van der Waals surface area contributed by atoms with Crippen molar-refractivity contribution in [3.63, 3.8) is 0 Å². The van der Waals surface area contributed by atoms with Crippen LogP contribution < -0.4 is 0 Å². The minimum atomic E-state index is -0.800. The van der Waals surface area contributed by atoms with Crippen molar-refractivity contribution >= 4 is 10.8 Å². The van der Waals surface area contributed by atoms with Gasteiger partial charge in [0, 0.05) is 16.6 Å². The molecule has 16 heavy (non-hydrogen) atoms. The van der Waals surface area contributed by atoms with Crippen LogP contribution in [0.4, 0.5) is 0 Å². The van der Waals surface area contributed by atoms with Gasteiger partial charge in [0.05, 0.1) is 17.2 Å². The first-order valence-corrected chi connectivity index (χ1v) is 7.69. The Morgan fingerprint density at radius 1 is 1.44 bits per heavy atom. The summed E-state index contributed by atoms with van der Waals surface area (Å²) in [7, 11) is -0.800. The lowest BCUT2D eigenvalue weighted by Crippen LogP contribution is -2.32. The van der Waals surface area contributed by atoms with Crippen LogP contribution in [0, 0.1) is 29.1 Å². The van der Waals surface area contributed by atoms with Crippen LogP contribution >= 0.6 is 0 Å². The third-order valence-corrected chi connectivity index (χ3v) is 5.29. The Labute approximate surface area is 102 Å². The lowest BCUT2D eigenvalue weighted by Gasteiger charge is -2.30. The van der Waals surface area contributed by atoms with Gasteiger partial charge in [-0.1, -0.05) is 20.8 Å². The Morgan fingerprint density at radius 3 is 2.69 bits per heavy atom. The first-order chi connectivity index (χ1) is 7.54. The van der Waals surface area contributed by atoms with Crippen LogP contribution in [0.25, 0.3) is 0 Å². The normalized spacial score (nSPS) is 32.3. The van der Waals surface area contributed by atoms with E-state index in [-0.39, 0.29) is 11.2 Å². The predicted molar refractivity (Wildman–Crippen MR) is 68.4 cm³/mol. The van der Waals surface area contributed by atoms with Crippen LogP contribution in [0.5, 0.6) is 0 Å². The van der Waals surface area contributed by atoms with Gasteiger partial charge in [0.2, 0.25) is 0 Å². The molecule has 0 aromatic rings. The standard InChI is InChI=1S/C13H23NOS/c1-10(2)6-7-16(15)13-8-11(3)4-5-12(13)9-14/h10-13H,4-8H2,1-3H3. The molecule has 4 atom stereocenters. The van der Waals surface area contributed by atoms with E-state index in [1.165, 1.54) is 0 Å². The van der Waals surface area contributed by atoms with Gasteiger partial charge in [-0.25, -0.2) is 0 Å². The van der Waals surface area contributed by atoms with E-state index < -0.39 is 10.8 Å². The molecule has 0 aliphatic heterocycles. The molecule has 1 rings (SSSR count). The van der Waals surface area contributed by atoms with E-state index in [0.29, 0.717) is 11.8 Å². The molecule has 3 heteroatoms. The van der Waals surface area contributed by atoms with Crippen molar-refractivity contribution < 1.29 is 4.21 Å². The average Bonchev–Trinajstić information content (AvgIpc) is 2.25. The Kier molecular flexibility index (Phi) is 5.48. The summed E-state index contributed by atoms with van der Waals surface area (Å²) in [5, 5.41) is 9.22. The minimum Gasteiger partial charge on any atom is -0.259 e. The Bertz CT molecular complexity index is 282. The molecule has 1 saturated carbocycles. The molecule has 0 radical (unpaired) electrons. The maximum absolute atomic E-state index is 12.2. The average molecular weight is 241 g/mol. The summed E-state index contributed by atoms with van der Waals surface area (Å²) < 4.78 is 12.2. The number of hydrogen-bond acceptors (Lipinski definition) is 2. The van der Waals surface area contributed by atoms with Gasteiger partial charge in [-0.05, 0) is 37.5 Å². The van der Waals surface area contributed by atoms with E-state index in [2.05, 4.69) is 26.8 Å². The largest absolute Gasteiger partial charge is 0.259 e. The molecule has 0 aromatic carbocycles. The molecule has 0 aromatic heterocycles. The van der Waals surface area contributed by atoms with Crippen LogP contribution in [-0.2, 0) is 10.8 Å². The number of nitriles is 1. The second-order valence-corrected chi connectivity index (χ2v) is 7.23. The van der Waals surface area contributed by atoms with Crippen molar-refractivity contribution in [3.05, 3.63) is 0 Å². The predicted octanol–water partition coefficient (Wildman–Crippen LogP) is 3.11. The molecule has 0 saturated heterocycles. The van der Waals surface area contributed by atoms with E-state index in [9.17, 15) is 4.21 Å². The van der Waals surface area contributed by atoms with Crippen molar-refractivity contribution in [2.24, 2.45) is 17.8 Å². The summed E-state index contributed by atoms with van der Waals surface area (Å²) in [5.41, 5.74) is 0. The zero-order chi connectivity index (χ0) is 12.1. The summed E-state index contributed by atoms with van der Waals surface area (Å²) >= 11 is 0. The van der Waals surface area contributed by atoms with Crippen LogP contribution in [0.1, 0.15) is 46.5 Å². The Morgan fingerprint density at radius 2 is 2.12 bits per heavy atom. The van der Waals surface area contributed by atoms with Crippen molar-refractivity contribution in [2.45, 2.75) is 51.7 Å². The zero-order valence-electron chi connectivity index (χ0n) is 10.6. The number of hydrogen-bond donors (Lipinski definition) is 0. The van der Waals surface area contributed by atoms with E-state index in [4.69, 9.17) is 5.26 Å². The van der Waals surface area contributed by atoms with E-state index in [1.54, 1.807) is 0 Å². The molecule has 0 bridgehead atoms. The second-order valence-electron chi connectivity index (χ2n) is 5.46. The first kappa shape index (κ1) is 13.7. The summed E-state index contributed by atoms with van der Waals surface area (Å²) in [4.78, 5) is 0. The molecule has 1 fully saturated rings. The van der Waals surface area contributed by atoms with Gasteiger partial charge in [-0.15, -0.1) is 0 Å². The van der Waals surface area contributed by atoms with Gasteiger partial charge in [0.25, 0.3) is 0 Å². The molecule has 92 valence electrons. The zero-order valence-corrected chi connectivity index (χ0v) is 11.4. The van der Waals surface area contributed by atoms with E-state index >= 15 is 0 Å². The van der Waals surface area contributed by atoms with Gasteiger partial charge < -0.3 is 0 Å². The smallest absolute Gasteiger partial charge is 0.0668 e. The highest BCUT2D eigenvalue weighted by atomic mass is 32.2. The maximum Gasteiger partial charge on any atom is 0.0668 e. The summed E-state index contributed by atoms with van der Waals surface area (Å²) in [6.07, 6.45) is 4.05. The Hall–Kier alpha value is -0.360. The van der Waals surface area contributed by atoms with Crippen molar-refractivity contribution in [1.82, 2.24) is 0 Å². The summed E-state index contributed by atoms with van der Waals surface area (Å²) in [6.45, 7) is 6.52. The van der Waals surface area contributed by atoms with Crippen LogP contribution in [0.15, 0.2) is 0 Å². The first-order valence-electron chi connectivity index (χ1n) is 6.31. The molecule has 0 N–H and O–H groups in total. The van der Waals surface area contributed by atoms with Crippen LogP contribution in [-0.4, -0.2) is 15.2 Å². The molecule has 0 amide bonds. The lowest BCUT2D eigenvalue weighted by molar-refractivity contribution is 0.341. The number of rotatable bonds is 4. The molecule has 2 nitrogen and oxygen atoms in total. The Balaban J connectivity index is 2.54. The quantitative estimate of drug-likeness (QED) is 0.759. The monoisotopic (exact) mass is 241 g/mol. The minimum absolute atomic E-state index is 0.0317. The third kappa shape index (κ3) is 3.90. The molecular formula is C13H23NOS. The van der Waals surface area contributed by atoms with Gasteiger partial charge >= 0.3 is 0 Å². The number of nitrogens with zero attached hydrogens (tertiary/aromatic N) is 1. The highest BCUT2D eigenvalue weighted by Gasteiger charge is 2.32. The summed E-state index contributed by atoms with van der Waals surface area (Å²) in [5.74, 6) is 2.04. The fraction of sp³-hybridized carbons (Fsp3) is 0.923. The van der Waals surface area contributed by atoms with E-state index in [1.807, 2.05) is 0 Å². The molecule has 1 aliphatic rings. The highest BCUT2D eigenvalue weighted by molar-refractivity contribution is 7.85. The molecule has 4 unspecified atom stereocenters. The van der Waals surface area contributed by atoms with Crippen molar-refractivity contribution in [1.29, 1.82) is 5.26 Å². The van der Waals surface area contributed by atoms with Crippen LogP contribution in [0.2, 0.25) is 0 Å². The highest BCUT2D eigenvalue weighted by Crippen LogP contribution is 2.32. The SMILES string of the molecule is CC(C)CCS(=O)C1CC(C)CCC1C#N. The van der Waals surface area contributed by atoms with E-state index in [0.717, 1.165) is 31.4 Å². The van der Waals surface area contributed by atoms with Crippen LogP contribution in [0.3, 0.4) is 0 Å². The lowest BCUT2D eigenvalue weighted by atomic mass is 9.83. The topological polar surface area (TPSA) is 40.9 Å². The molecule has 0 heterocycles. The fourth-order valence-corrected chi connectivity index (χ4v) is 4.38. The van der Waals surface area contributed by atoms with Gasteiger partial charge in [-0.2, -0.15) is 5.26 Å². The maximum atomic E-state index is 12.2. The molecule has 1 aliphatic carbocycles.